The summed E-state index contributed by atoms with van der Waals surface area (Å²) in [7, 11) is 0. The number of benzene rings is 1. The molecular formula is C15H13N3S. The lowest BCUT2D eigenvalue weighted by Crippen LogP contribution is -1.85. The maximum absolute atomic E-state index is 5.70. The van der Waals surface area contributed by atoms with Gasteiger partial charge in [0, 0.05) is 34.6 Å². The van der Waals surface area contributed by atoms with Crippen molar-refractivity contribution in [2.45, 2.75) is 6.92 Å². The molecule has 0 aliphatic heterocycles. The fourth-order valence-electron chi connectivity index (χ4n) is 1.90. The third-order valence-corrected chi connectivity index (χ3v) is 3.84. The first kappa shape index (κ1) is 11.9. The maximum atomic E-state index is 5.70. The summed E-state index contributed by atoms with van der Waals surface area (Å²) in [5.41, 5.74) is 10.8. The van der Waals surface area contributed by atoms with Crippen molar-refractivity contribution in [3.8, 4) is 21.8 Å². The van der Waals surface area contributed by atoms with Gasteiger partial charge in [0.15, 0.2) is 0 Å². The predicted octanol–water partition coefficient (Wildman–Crippen LogP) is 3.76. The Labute approximate surface area is 115 Å². The van der Waals surface area contributed by atoms with Gasteiger partial charge in [0.25, 0.3) is 0 Å². The summed E-state index contributed by atoms with van der Waals surface area (Å²) in [5.74, 6) is 0. The molecule has 0 spiro atoms. The molecule has 2 heterocycles. The predicted molar refractivity (Wildman–Crippen MR) is 79.9 cm³/mol. The van der Waals surface area contributed by atoms with Gasteiger partial charge in [0.05, 0.1) is 5.69 Å². The topological polar surface area (TPSA) is 51.8 Å². The maximum Gasteiger partial charge on any atom is 0.124 e. The number of pyridine rings is 1. The summed E-state index contributed by atoms with van der Waals surface area (Å²) < 4.78 is 0. The van der Waals surface area contributed by atoms with E-state index in [4.69, 9.17) is 10.7 Å². The number of rotatable bonds is 2. The molecule has 0 saturated carbocycles. The van der Waals surface area contributed by atoms with E-state index in [2.05, 4.69) is 10.4 Å². The van der Waals surface area contributed by atoms with Crippen molar-refractivity contribution in [1.82, 2.24) is 9.97 Å². The number of aromatic nitrogens is 2. The van der Waals surface area contributed by atoms with Gasteiger partial charge >= 0.3 is 0 Å². The van der Waals surface area contributed by atoms with E-state index in [1.807, 2.05) is 43.5 Å². The van der Waals surface area contributed by atoms with Gasteiger partial charge in [-0.1, -0.05) is 12.1 Å². The minimum Gasteiger partial charge on any atom is -0.399 e. The Morgan fingerprint density at radius 3 is 2.63 bits per heavy atom. The van der Waals surface area contributed by atoms with Crippen molar-refractivity contribution < 1.29 is 0 Å². The molecular weight excluding hydrogens is 254 g/mol. The zero-order valence-corrected chi connectivity index (χ0v) is 11.3. The Morgan fingerprint density at radius 1 is 1.11 bits per heavy atom. The number of nitrogens with two attached hydrogens (primary N) is 1. The molecule has 0 bridgehead atoms. The van der Waals surface area contributed by atoms with E-state index < -0.39 is 0 Å². The molecule has 2 aromatic heterocycles. The molecule has 4 heteroatoms. The highest BCUT2D eigenvalue weighted by Gasteiger charge is 2.08. The number of nitrogen functional groups attached to an aromatic ring is 1. The van der Waals surface area contributed by atoms with Crippen LogP contribution in [0.25, 0.3) is 21.8 Å². The second-order valence-electron chi connectivity index (χ2n) is 4.35. The highest BCUT2D eigenvalue weighted by atomic mass is 32.1. The van der Waals surface area contributed by atoms with Crippen molar-refractivity contribution in [1.29, 1.82) is 0 Å². The molecule has 0 aliphatic carbocycles. The highest BCUT2D eigenvalue weighted by Crippen LogP contribution is 2.30. The van der Waals surface area contributed by atoms with E-state index in [1.165, 1.54) is 0 Å². The summed E-state index contributed by atoms with van der Waals surface area (Å²) in [6, 6.07) is 9.78. The second kappa shape index (κ2) is 4.82. The van der Waals surface area contributed by atoms with Crippen LogP contribution in [0.15, 0.2) is 48.1 Å². The molecule has 3 aromatic rings. The van der Waals surface area contributed by atoms with Crippen LogP contribution in [0.2, 0.25) is 0 Å². The van der Waals surface area contributed by atoms with Crippen LogP contribution in [0.3, 0.4) is 0 Å². The van der Waals surface area contributed by atoms with Crippen LogP contribution < -0.4 is 5.73 Å². The summed E-state index contributed by atoms with van der Waals surface area (Å²) in [5, 5.41) is 3.09. The van der Waals surface area contributed by atoms with E-state index in [9.17, 15) is 0 Å². The molecule has 2 N–H and O–H groups in total. The van der Waals surface area contributed by atoms with Gasteiger partial charge in [0.2, 0.25) is 0 Å². The quantitative estimate of drug-likeness (QED) is 0.719. The molecule has 0 amide bonds. The highest BCUT2D eigenvalue weighted by molar-refractivity contribution is 7.13. The van der Waals surface area contributed by atoms with Gasteiger partial charge in [-0.3, -0.25) is 4.98 Å². The smallest absolute Gasteiger partial charge is 0.124 e. The minimum absolute atomic E-state index is 0.768. The summed E-state index contributed by atoms with van der Waals surface area (Å²) in [4.78, 5) is 8.80. The molecule has 0 saturated heterocycles. The first-order valence-corrected chi connectivity index (χ1v) is 6.84. The number of hydrogen-bond donors (Lipinski definition) is 1. The van der Waals surface area contributed by atoms with Crippen molar-refractivity contribution >= 4 is 17.0 Å². The molecule has 0 unspecified atom stereocenters. The summed E-state index contributed by atoms with van der Waals surface area (Å²) in [6.45, 7) is 2.05. The van der Waals surface area contributed by atoms with Gasteiger partial charge in [0.1, 0.15) is 5.01 Å². The first-order chi connectivity index (χ1) is 9.24. The summed E-state index contributed by atoms with van der Waals surface area (Å²) >= 11 is 1.65. The molecule has 0 atom stereocenters. The van der Waals surface area contributed by atoms with Crippen LogP contribution in [0, 0.1) is 6.92 Å². The van der Waals surface area contributed by atoms with Gasteiger partial charge in [-0.05, 0) is 30.7 Å². The van der Waals surface area contributed by atoms with Crippen LogP contribution in [-0.4, -0.2) is 9.97 Å². The first-order valence-electron chi connectivity index (χ1n) is 5.96. The Bertz CT molecular complexity index is 701. The van der Waals surface area contributed by atoms with E-state index in [0.717, 1.165) is 33.1 Å². The fraction of sp³-hybridized carbons (Fsp3) is 0.0667. The normalized spacial score (nSPS) is 10.6. The van der Waals surface area contributed by atoms with Crippen molar-refractivity contribution in [2.75, 3.05) is 5.73 Å². The van der Waals surface area contributed by atoms with Crippen LogP contribution in [-0.2, 0) is 0 Å². The van der Waals surface area contributed by atoms with Gasteiger partial charge in [-0.15, -0.1) is 11.3 Å². The second-order valence-corrected chi connectivity index (χ2v) is 5.21. The van der Waals surface area contributed by atoms with Gasteiger partial charge in [-0.2, -0.15) is 0 Å². The van der Waals surface area contributed by atoms with E-state index in [-0.39, 0.29) is 0 Å². The molecule has 19 heavy (non-hydrogen) atoms. The lowest BCUT2D eigenvalue weighted by Gasteiger charge is -2.00. The number of nitrogens with zero attached hydrogens (tertiary/aromatic N) is 2. The van der Waals surface area contributed by atoms with Crippen LogP contribution >= 0.6 is 11.3 Å². The molecule has 3 nitrogen and oxygen atoms in total. The van der Waals surface area contributed by atoms with Crippen molar-refractivity contribution in [3.63, 3.8) is 0 Å². The molecule has 0 fully saturated rings. The lowest BCUT2D eigenvalue weighted by molar-refractivity contribution is 1.26. The Balaban J connectivity index is 2.00. The Hall–Kier alpha value is -2.20. The lowest BCUT2D eigenvalue weighted by atomic mass is 10.1. The zero-order valence-electron chi connectivity index (χ0n) is 10.5. The van der Waals surface area contributed by atoms with Gasteiger partial charge in [-0.25, -0.2) is 4.98 Å². The van der Waals surface area contributed by atoms with Crippen molar-refractivity contribution in [3.05, 3.63) is 53.7 Å². The molecule has 0 radical (unpaired) electrons. The van der Waals surface area contributed by atoms with Crippen molar-refractivity contribution in [2.24, 2.45) is 0 Å². The molecule has 1 aromatic carbocycles. The van der Waals surface area contributed by atoms with Crippen LogP contribution in [0.4, 0.5) is 5.69 Å². The molecule has 94 valence electrons. The van der Waals surface area contributed by atoms with E-state index >= 15 is 0 Å². The third kappa shape index (κ3) is 2.35. The standard InChI is InChI=1S/C15H13N3S/c1-10-8-17-7-6-13(10)15-18-14(9-19-15)11-2-4-12(16)5-3-11/h2-9H,16H2,1H3. The fourth-order valence-corrected chi connectivity index (χ4v) is 2.82. The Kier molecular flexibility index (Phi) is 3.01. The average Bonchev–Trinajstić information content (AvgIpc) is 2.89. The molecule has 0 aliphatic rings. The summed E-state index contributed by atoms with van der Waals surface area (Å²) in [6.07, 6.45) is 3.66. The van der Waals surface area contributed by atoms with Crippen LogP contribution in [0.5, 0.6) is 0 Å². The van der Waals surface area contributed by atoms with E-state index in [0.29, 0.717) is 0 Å². The average molecular weight is 267 g/mol. The van der Waals surface area contributed by atoms with Gasteiger partial charge < -0.3 is 5.73 Å². The van der Waals surface area contributed by atoms with Crippen LogP contribution in [0.1, 0.15) is 5.56 Å². The largest absolute Gasteiger partial charge is 0.399 e. The monoisotopic (exact) mass is 267 g/mol. The number of thiazole rings is 1. The molecule has 3 rings (SSSR count). The number of hydrogen-bond acceptors (Lipinski definition) is 4. The third-order valence-electron chi connectivity index (χ3n) is 2.96. The zero-order chi connectivity index (χ0) is 13.2. The van der Waals surface area contributed by atoms with E-state index in [1.54, 1.807) is 17.5 Å². The Morgan fingerprint density at radius 2 is 1.89 bits per heavy atom. The number of aryl methyl sites for hydroxylation is 1. The SMILES string of the molecule is Cc1cnccc1-c1nc(-c2ccc(N)cc2)cs1. The minimum atomic E-state index is 0.768. The number of anilines is 1.